The maximum atomic E-state index is 12.6. The van der Waals surface area contributed by atoms with Crippen molar-refractivity contribution >= 4 is 23.1 Å². The number of carbonyl (C=O) groups is 1. The van der Waals surface area contributed by atoms with Gasteiger partial charge in [0, 0.05) is 37.9 Å². The van der Waals surface area contributed by atoms with Gasteiger partial charge in [0.25, 0.3) is 0 Å². The summed E-state index contributed by atoms with van der Waals surface area (Å²) < 4.78 is 11.8. The highest BCUT2D eigenvalue weighted by molar-refractivity contribution is 6.00. The SMILES string of the molecule is CC(C)(C)OC(=O)N1CCC2(CC1)CCN(c1ccc(C3=C(c4ccccc4)CCc4cc(OCc5ccccc5)ccc43)cn1)CC2. The molecule has 3 aromatic carbocycles. The molecule has 6 nitrogen and oxygen atoms in total. The summed E-state index contributed by atoms with van der Waals surface area (Å²) in [6.07, 6.45) is 8.18. The molecule has 2 aliphatic heterocycles. The fraction of sp³-hybridized carbons (Fsp3) is 0.381. The summed E-state index contributed by atoms with van der Waals surface area (Å²) in [5, 5.41) is 0. The van der Waals surface area contributed by atoms with E-state index in [0.717, 1.165) is 81.8 Å². The summed E-state index contributed by atoms with van der Waals surface area (Å²) in [6.45, 7) is 9.89. The highest BCUT2D eigenvalue weighted by Gasteiger charge is 2.39. The number of hydrogen-bond donors (Lipinski definition) is 0. The molecule has 48 heavy (non-hydrogen) atoms. The van der Waals surface area contributed by atoms with Crippen molar-refractivity contribution in [2.75, 3.05) is 31.1 Å². The van der Waals surface area contributed by atoms with E-state index in [-0.39, 0.29) is 6.09 Å². The van der Waals surface area contributed by atoms with Crippen molar-refractivity contribution in [2.24, 2.45) is 5.41 Å². The fourth-order valence-electron chi connectivity index (χ4n) is 7.58. The van der Waals surface area contributed by atoms with E-state index in [1.165, 1.54) is 33.4 Å². The minimum absolute atomic E-state index is 0.179. The highest BCUT2D eigenvalue weighted by Crippen LogP contribution is 2.44. The Hall–Kier alpha value is -4.58. The van der Waals surface area contributed by atoms with Crippen molar-refractivity contribution in [3.8, 4) is 5.75 Å². The van der Waals surface area contributed by atoms with E-state index in [1.807, 2.05) is 43.9 Å². The molecular weight excluding hydrogens is 594 g/mol. The van der Waals surface area contributed by atoms with E-state index in [4.69, 9.17) is 14.5 Å². The molecule has 1 aromatic heterocycles. The number of rotatable bonds is 6. The smallest absolute Gasteiger partial charge is 0.410 e. The summed E-state index contributed by atoms with van der Waals surface area (Å²) in [7, 11) is 0. The van der Waals surface area contributed by atoms with Gasteiger partial charge in [0.05, 0.1) is 0 Å². The first-order valence-electron chi connectivity index (χ1n) is 17.5. The molecule has 3 aliphatic rings. The van der Waals surface area contributed by atoms with Crippen molar-refractivity contribution in [1.82, 2.24) is 9.88 Å². The van der Waals surface area contributed by atoms with Crippen LogP contribution in [0.15, 0.2) is 97.2 Å². The summed E-state index contributed by atoms with van der Waals surface area (Å²) in [5.74, 6) is 1.95. The molecule has 1 amide bonds. The number of allylic oxidation sites excluding steroid dienone is 1. The number of amides is 1. The van der Waals surface area contributed by atoms with Gasteiger partial charge < -0.3 is 19.3 Å². The second-order valence-electron chi connectivity index (χ2n) is 14.7. The Labute approximate surface area is 285 Å². The highest BCUT2D eigenvalue weighted by atomic mass is 16.6. The molecule has 7 rings (SSSR count). The number of aryl methyl sites for hydroxylation is 1. The molecule has 248 valence electrons. The normalized spacial score (nSPS) is 17.6. The topological polar surface area (TPSA) is 54.9 Å². The minimum Gasteiger partial charge on any atom is -0.489 e. The second-order valence-corrected chi connectivity index (χ2v) is 14.7. The third-order valence-corrected chi connectivity index (χ3v) is 10.3. The Kier molecular flexibility index (Phi) is 9.00. The largest absolute Gasteiger partial charge is 0.489 e. The van der Waals surface area contributed by atoms with Crippen LogP contribution in [0, 0.1) is 5.41 Å². The van der Waals surface area contributed by atoms with Crippen LogP contribution >= 0.6 is 0 Å². The Balaban J connectivity index is 1.06. The van der Waals surface area contributed by atoms with Gasteiger partial charge in [0.2, 0.25) is 0 Å². The molecule has 6 heteroatoms. The van der Waals surface area contributed by atoms with Crippen LogP contribution in [-0.4, -0.2) is 47.8 Å². The summed E-state index contributed by atoms with van der Waals surface area (Å²) in [4.78, 5) is 22.0. The number of nitrogens with zero attached hydrogens (tertiary/aromatic N) is 3. The van der Waals surface area contributed by atoms with Gasteiger partial charge in [-0.15, -0.1) is 0 Å². The Morgan fingerprint density at radius 2 is 1.48 bits per heavy atom. The first-order chi connectivity index (χ1) is 23.3. The zero-order valence-electron chi connectivity index (χ0n) is 28.6. The van der Waals surface area contributed by atoms with Gasteiger partial charge in [0.1, 0.15) is 23.8 Å². The number of aromatic nitrogens is 1. The molecule has 0 atom stereocenters. The molecular formula is C42H47N3O3. The van der Waals surface area contributed by atoms with E-state index >= 15 is 0 Å². The Morgan fingerprint density at radius 1 is 0.792 bits per heavy atom. The zero-order chi connectivity index (χ0) is 33.1. The summed E-state index contributed by atoms with van der Waals surface area (Å²) in [5.41, 5.74) is 8.66. The van der Waals surface area contributed by atoms with Crippen LogP contribution in [0.2, 0.25) is 0 Å². The van der Waals surface area contributed by atoms with Gasteiger partial charge >= 0.3 is 6.09 Å². The predicted octanol–water partition coefficient (Wildman–Crippen LogP) is 9.18. The second kappa shape index (κ2) is 13.5. The van der Waals surface area contributed by atoms with Crippen molar-refractivity contribution in [3.05, 3.63) is 125 Å². The van der Waals surface area contributed by atoms with E-state index < -0.39 is 5.60 Å². The lowest BCUT2D eigenvalue weighted by Crippen LogP contribution is -2.49. The number of likely N-dealkylation sites (tertiary alicyclic amines) is 1. The van der Waals surface area contributed by atoms with Crippen LogP contribution in [0.1, 0.15) is 80.7 Å². The molecule has 3 heterocycles. The van der Waals surface area contributed by atoms with Crippen molar-refractivity contribution in [2.45, 2.75) is 71.5 Å². The number of carbonyl (C=O) groups excluding carboxylic acids is 1. The number of hydrogen-bond acceptors (Lipinski definition) is 5. The average Bonchev–Trinajstić information content (AvgIpc) is 3.11. The zero-order valence-corrected chi connectivity index (χ0v) is 28.6. The van der Waals surface area contributed by atoms with Crippen LogP contribution in [0.3, 0.4) is 0 Å². The third-order valence-electron chi connectivity index (χ3n) is 10.3. The summed E-state index contributed by atoms with van der Waals surface area (Å²) in [6, 6.07) is 32.2. The van der Waals surface area contributed by atoms with Crippen LogP contribution < -0.4 is 9.64 Å². The van der Waals surface area contributed by atoms with Crippen molar-refractivity contribution < 1.29 is 14.3 Å². The van der Waals surface area contributed by atoms with Crippen LogP contribution in [0.4, 0.5) is 10.6 Å². The summed E-state index contributed by atoms with van der Waals surface area (Å²) >= 11 is 0. The average molecular weight is 642 g/mol. The molecule has 0 radical (unpaired) electrons. The Morgan fingerprint density at radius 3 is 2.15 bits per heavy atom. The van der Waals surface area contributed by atoms with Crippen molar-refractivity contribution in [1.29, 1.82) is 0 Å². The number of fused-ring (bicyclic) bond motifs is 1. The van der Waals surface area contributed by atoms with Crippen molar-refractivity contribution in [3.63, 3.8) is 0 Å². The third kappa shape index (κ3) is 7.13. The molecule has 1 aliphatic carbocycles. The molecule has 1 spiro atoms. The molecule has 0 unspecified atom stereocenters. The van der Waals surface area contributed by atoms with E-state index in [1.54, 1.807) is 0 Å². The van der Waals surface area contributed by atoms with E-state index in [0.29, 0.717) is 12.0 Å². The van der Waals surface area contributed by atoms with Crippen LogP contribution in [-0.2, 0) is 17.8 Å². The number of anilines is 1. The molecule has 2 saturated heterocycles. The van der Waals surface area contributed by atoms with Gasteiger partial charge in [-0.25, -0.2) is 9.78 Å². The lowest BCUT2D eigenvalue weighted by Gasteiger charge is -2.47. The molecule has 4 aromatic rings. The van der Waals surface area contributed by atoms with Gasteiger partial charge in [0.15, 0.2) is 0 Å². The van der Waals surface area contributed by atoms with Gasteiger partial charge in [-0.2, -0.15) is 0 Å². The molecule has 0 bridgehead atoms. The lowest BCUT2D eigenvalue weighted by molar-refractivity contribution is 0.00664. The maximum Gasteiger partial charge on any atom is 0.410 e. The van der Waals surface area contributed by atoms with Gasteiger partial charge in [-0.1, -0.05) is 66.7 Å². The number of pyridine rings is 1. The fourth-order valence-corrected chi connectivity index (χ4v) is 7.58. The maximum absolute atomic E-state index is 12.6. The number of ether oxygens (including phenoxy) is 2. The predicted molar refractivity (Wildman–Crippen MR) is 193 cm³/mol. The van der Waals surface area contributed by atoms with Crippen LogP contribution in [0.25, 0.3) is 11.1 Å². The first-order valence-corrected chi connectivity index (χ1v) is 17.5. The van der Waals surface area contributed by atoms with Gasteiger partial charge in [-0.3, -0.25) is 0 Å². The number of benzene rings is 3. The molecule has 2 fully saturated rings. The molecule has 0 saturated carbocycles. The van der Waals surface area contributed by atoms with E-state index in [2.05, 4.69) is 83.9 Å². The first kappa shape index (κ1) is 32.0. The van der Waals surface area contributed by atoms with E-state index in [9.17, 15) is 4.79 Å². The van der Waals surface area contributed by atoms with Gasteiger partial charge in [-0.05, 0) is 122 Å². The standard InChI is InChI=1S/C42H47N3O3/c1-41(2,3)48-40(46)45-26-22-42(23-27-45)20-24-44(25-21-42)38-19-15-34(29-43-38)39-36(32-12-8-5-9-13-32)17-14-33-28-35(16-18-37(33)39)47-30-31-10-6-4-7-11-31/h4-13,15-16,18-19,28-29H,14,17,20-27,30H2,1-3H3. The Bertz CT molecular complexity index is 1740. The monoisotopic (exact) mass is 641 g/mol. The minimum atomic E-state index is -0.457. The number of piperidine rings is 2. The van der Waals surface area contributed by atoms with Crippen LogP contribution in [0.5, 0.6) is 5.75 Å². The quantitative estimate of drug-likeness (QED) is 0.210. The lowest BCUT2D eigenvalue weighted by atomic mass is 9.71. The molecule has 0 N–H and O–H groups in total.